The van der Waals surface area contributed by atoms with E-state index in [0.717, 1.165) is 27.3 Å². The van der Waals surface area contributed by atoms with Crippen LogP contribution in [0.2, 0.25) is 0 Å². The second-order valence-electron chi connectivity index (χ2n) is 6.80. The number of aldehydes is 1. The van der Waals surface area contributed by atoms with Gasteiger partial charge in [0, 0.05) is 36.0 Å². The first-order chi connectivity index (χ1) is 12.5. The van der Waals surface area contributed by atoms with Crippen LogP contribution in [0.1, 0.15) is 24.3 Å². The van der Waals surface area contributed by atoms with Gasteiger partial charge in [-0.05, 0) is 24.1 Å². The zero-order valence-corrected chi connectivity index (χ0v) is 16.5. The molecule has 1 aromatic heterocycles. The van der Waals surface area contributed by atoms with Crippen molar-refractivity contribution in [1.82, 2.24) is 9.88 Å². The molecule has 2 aromatic rings. The van der Waals surface area contributed by atoms with E-state index >= 15 is 0 Å². The maximum Gasteiger partial charge on any atom is 0.409 e. The predicted molar refractivity (Wildman–Crippen MR) is 105 cm³/mol. The van der Waals surface area contributed by atoms with Gasteiger partial charge in [0.2, 0.25) is 0 Å². The van der Waals surface area contributed by atoms with Gasteiger partial charge in [-0.2, -0.15) is 0 Å². The van der Waals surface area contributed by atoms with Crippen molar-refractivity contribution in [3.8, 4) is 0 Å². The Kier molecular flexibility index (Phi) is 5.76. The van der Waals surface area contributed by atoms with Crippen LogP contribution < -0.4 is 4.90 Å². The summed E-state index contributed by atoms with van der Waals surface area (Å²) in [7, 11) is 0. The number of hydrogen-bond donors (Lipinski definition) is 0. The van der Waals surface area contributed by atoms with Crippen LogP contribution in [0.3, 0.4) is 0 Å². The molecule has 0 saturated carbocycles. The average molecular weight is 420 g/mol. The SMILES string of the molecule is CC(C)COC(=O)N1CCN(c2cc(Br)cc3ccc(C=O)nc23)CC1. The van der Waals surface area contributed by atoms with Gasteiger partial charge in [-0.25, -0.2) is 9.78 Å². The van der Waals surface area contributed by atoms with E-state index in [2.05, 4.69) is 25.8 Å². The normalized spacial score (nSPS) is 14.8. The number of fused-ring (bicyclic) bond motifs is 1. The molecule has 7 heteroatoms. The molecule has 3 rings (SSSR count). The van der Waals surface area contributed by atoms with E-state index in [1.165, 1.54) is 0 Å². The van der Waals surface area contributed by atoms with Crippen LogP contribution in [0.15, 0.2) is 28.7 Å². The van der Waals surface area contributed by atoms with Crippen LogP contribution in [-0.4, -0.2) is 55.0 Å². The highest BCUT2D eigenvalue weighted by atomic mass is 79.9. The molecule has 0 bridgehead atoms. The van der Waals surface area contributed by atoms with E-state index in [0.29, 0.717) is 44.4 Å². The molecule has 1 fully saturated rings. The fraction of sp³-hybridized carbons (Fsp3) is 0.421. The summed E-state index contributed by atoms with van der Waals surface area (Å²) in [6.45, 7) is 7.04. The van der Waals surface area contributed by atoms with Crippen molar-refractivity contribution in [2.45, 2.75) is 13.8 Å². The Morgan fingerprint density at radius 2 is 2.00 bits per heavy atom. The predicted octanol–water partition coefficient (Wildman–Crippen LogP) is 3.72. The van der Waals surface area contributed by atoms with Gasteiger partial charge < -0.3 is 14.5 Å². The van der Waals surface area contributed by atoms with Gasteiger partial charge in [-0.3, -0.25) is 4.79 Å². The lowest BCUT2D eigenvalue weighted by Crippen LogP contribution is -2.49. The molecule has 26 heavy (non-hydrogen) atoms. The van der Waals surface area contributed by atoms with Crippen LogP contribution >= 0.6 is 15.9 Å². The van der Waals surface area contributed by atoms with Crippen molar-refractivity contribution >= 4 is 44.9 Å². The number of anilines is 1. The number of pyridine rings is 1. The first-order valence-corrected chi connectivity index (χ1v) is 9.49. The molecule has 0 spiro atoms. The first kappa shape index (κ1) is 18.6. The highest BCUT2D eigenvalue weighted by Crippen LogP contribution is 2.30. The van der Waals surface area contributed by atoms with E-state index in [9.17, 15) is 9.59 Å². The van der Waals surface area contributed by atoms with Gasteiger partial charge >= 0.3 is 6.09 Å². The molecule has 1 saturated heterocycles. The van der Waals surface area contributed by atoms with Gasteiger partial charge in [0.1, 0.15) is 5.69 Å². The minimum absolute atomic E-state index is 0.251. The van der Waals surface area contributed by atoms with Crippen LogP contribution in [0.25, 0.3) is 10.9 Å². The summed E-state index contributed by atoms with van der Waals surface area (Å²) in [5, 5.41) is 0.971. The summed E-state index contributed by atoms with van der Waals surface area (Å²) < 4.78 is 6.27. The Morgan fingerprint density at radius 3 is 2.65 bits per heavy atom. The lowest BCUT2D eigenvalue weighted by atomic mass is 10.1. The van der Waals surface area contributed by atoms with E-state index < -0.39 is 0 Å². The number of nitrogens with zero attached hydrogens (tertiary/aromatic N) is 3. The maximum absolute atomic E-state index is 12.1. The van der Waals surface area contributed by atoms with Gasteiger partial charge in [0.15, 0.2) is 6.29 Å². The Hall–Kier alpha value is -2.15. The molecular formula is C19H22BrN3O3. The monoisotopic (exact) mass is 419 g/mol. The molecule has 138 valence electrons. The fourth-order valence-corrected chi connectivity index (χ4v) is 3.43. The number of carbonyl (C=O) groups is 2. The number of aromatic nitrogens is 1. The summed E-state index contributed by atoms with van der Waals surface area (Å²) in [6, 6.07) is 7.62. The molecule has 1 amide bonds. The van der Waals surface area contributed by atoms with E-state index in [1.54, 1.807) is 11.0 Å². The molecule has 1 aliphatic rings. The second-order valence-corrected chi connectivity index (χ2v) is 7.71. The third-order valence-corrected chi connectivity index (χ3v) is 4.76. The van der Waals surface area contributed by atoms with Crippen molar-refractivity contribution in [3.63, 3.8) is 0 Å². The third kappa shape index (κ3) is 4.15. The Bertz CT molecular complexity index is 817. The maximum atomic E-state index is 12.1. The Morgan fingerprint density at radius 1 is 1.27 bits per heavy atom. The van der Waals surface area contributed by atoms with Crippen LogP contribution in [0.4, 0.5) is 10.5 Å². The number of carbonyl (C=O) groups excluding carboxylic acids is 2. The topological polar surface area (TPSA) is 62.7 Å². The Labute approximate surface area is 161 Å². The number of amides is 1. The molecule has 1 aromatic carbocycles. The largest absolute Gasteiger partial charge is 0.449 e. The zero-order chi connectivity index (χ0) is 18.7. The Balaban J connectivity index is 1.77. The number of hydrogen-bond acceptors (Lipinski definition) is 5. The number of benzene rings is 1. The third-order valence-electron chi connectivity index (χ3n) is 4.30. The molecule has 0 aliphatic carbocycles. The summed E-state index contributed by atoms with van der Waals surface area (Å²) in [4.78, 5) is 31.6. The summed E-state index contributed by atoms with van der Waals surface area (Å²) in [5.74, 6) is 0.325. The zero-order valence-electron chi connectivity index (χ0n) is 14.9. The van der Waals surface area contributed by atoms with Gasteiger partial charge in [0.25, 0.3) is 0 Å². The number of rotatable bonds is 4. The summed E-state index contributed by atoms with van der Waals surface area (Å²) in [6.07, 6.45) is 0.507. The summed E-state index contributed by atoms with van der Waals surface area (Å²) in [5.41, 5.74) is 2.18. The number of halogens is 1. The number of ether oxygens (including phenoxy) is 1. The second kappa shape index (κ2) is 8.03. The van der Waals surface area contributed by atoms with E-state index in [4.69, 9.17) is 4.74 Å². The van der Waals surface area contributed by atoms with Crippen molar-refractivity contribution in [3.05, 3.63) is 34.4 Å². The van der Waals surface area contributed by atoms with Crippen LogP contribution in [-0.2, 0) is 4.74 Å². The van der Waals surface area contributed by atoms with Crippen LogP contribution in [0, 0.1) is 5.92 Å². The van der Waals surface area contributed by atoms with E-state index in [1.807, 2.05) is 32.0 Å². The lowest BCUT2D eigenvalue weighted by Gasteiger charge is -2.36. The number of piperazine rings is 1. The van der Waals surface area contributed by atoms with Crippen molar-refractivity contribution in [2.24, 2.45) is 5.92 Å². The molecule has 0 radical (unpaired) electrons. The van der Waals surface area contributed by atoms with Gasteiger partial charge in [-0.15, -0.1) is 0 Å². The standard InChI is InChI=1S/C19H22BrN3O3/c1-13(2)12-26-19(25)23-7-5-22(6-8-23)17-10-15(20)9-14-3-4-16(11-24)21-18(14)17/h3-4,9-11,13H,5-8,12H2,1-2H3. The highest BCUT2D eigenvalue weighted by molar-refractivity contribution is 9.10. The molecule has 0 atom stereocenters. The highest BCUT2D eigenvalue weighted by Gasteiger charge is 2.24. The summed E-state index contributed by atoms with van der Waals surface area (Å²) >= 11 is 3.55. The van der Waals surface area contributed by atoms with Gasteiger partial charge in [-0.1, -0.05) is 35.8 Å². The molecule has 2 heterocycles. The molecule has 6 nitrogen and oxygen atoms in total. The van der Waals surface area contributed by atoms with Crippen LogP contribution in [0.5, 0.6) is 0 Å². The smallest absolute Gasteiger partial charge is 0.409 e. The minimum atomic E-state index is -0.251. The van der Waals surface area contributed by atoms with E-state index in [-0.39, 0.29) is 6.09 Å². The quantitative estimate of drug-likeness (QED) is 0.706. The lowest BCUT2D eigenvalue weighted by molar-refractivity contribution is 0.0901. The molecule has 0 unspecified atom stereocenters. The van der Waals surface area contributed by atoms with Gasteiger partial charge in [0.05, 0.1) is 17.8 Å². The van der Waals surface area contributed by atoms with Crippen molar-refractivity contribution in [1.29, 1.82) is 0 Å². The fourth-order valence-electron chi connectivity index (χ4n) is 2.96. The minimum Gasteiger partial charge on any atom is -0.449 e. The molecular weight excluding hydrogens is 398 g/mol. The average Bonchev–Trinajstić information content (AvgIpc) is 2.65. The molecule has 1 aliphatic heterocycles. The van der Waals surface area contributed by atoms with Crippen molar-refractivity contribution < 1.29 is 14.3 Å². The molecule has 0 N–H and O–H groups in total. The van der Waals surface area contributed by atoms with Crippen molar-refractivity contribution in [2.75, 3.05) is 37.7 Å². The first-order valence-electron chi connectivity index (χ1n) is 8.70.